The average molecular weight is 241 g/mol. The molecule has 1 rings (SSSR count). The molecule has 0 saturated heterocycles. The van der Waals surface area contributed by atoms with E-state index in [-0.39, 0.29) is 5.91 Å². The lowest BCUT2D eigenvalue weighted by atomic mass is 10.2. The van der Waals surface area contributed by atoms with Gasteiger partial charge in [0.05, 0.1) is 5.56 Å². The summed E-state index contributed by atoms with van der Waals surface area (Å²) in [5.74, 6) is -0.217. The number of halogens is 1. The molecular weight excluding hydrogens is 232 g/mol. The highest BCUT2D eigenvalue weighted by Gasteiger charge is 2.06. The molecule has 0 unspecified atom stereocenters. The second-order valence-electron chi connectivity index (χ2n) is 2.31. The van der Waals surface area contributed by atoms with E-state index < -0.39 is 0 Å². The first kappa shape index (κ1) is 9.92. The summed E-state index contributed by atoms with van der Waals surface area (Å²) in [4.78, 5) is 11.4. The van der Waals surface area contributed by atoms with E-state index in [4.69, 9.17) is 0 Å². The van der Waals surface area contributed by atoms with Crippen LogP contribution in [0.4, 0.5) is 0 Å². The minimum absolute atomic E-state index is 0.217. The monoisotopic (exact) mass is 240 g/mol. The molecule has 0 fully saturated rings. The summed E-state index contributed by atoms with van der Waals surface area (Å²) in [7, 11) is 0. The van der Waals surface area contributed by atoms with E-state index in [1.165, 1.54) is 6.21 Å². The van der Waals surface area contributed by atoms with E-state index in [1.807, 2.05) is 12.1 Å². The Balaban J connectivity index is 2.83. The molecule has 0 aliphatic heterocycles. The van der Waals surface area contributed by atoms with Crippen molar-refractivity contribution < 1.29 is 4.79 Å². The molecule has 4 heteroatoms. The SMILES string of the molecule is C/C=N\NC(=O)c1ccccc1Br. The van der Waals surface area contributed by atoms with E-state index in [0.29, 0.717) is 5.56 Å². The van der Waals surface area contributed by atoms with Gasteiger partial charge in [0.2, 0.25) is 0 Å². The van der Waals surface area contributed by atoms with Crippen molar-refractivity contribution in [3.63, 3.8) is 0 Å². The van der Waals surface area contributed by atoms with Crippen LogP contribution in [0.5, 0.6) is 0 Å². The van der Waals surface area contributed by atoms with Gasteiger partial charge in [-0.15, -0.1) is 0 Å². The third-order valence-corrected chi connectivity index (χ3v) is 2.11. The van der Waals surface area contributed by atoms with Gasteiger partial charge in [-0.25, -0.2) is 5.43 Å². The number of hydrogen-bond acceptors (Lipinski definition) is 2. The van der Waals surface area contributed by atoms with Crippen molar-refractivity contribution in [3.8, 4) is 0 Å². The quantitative estimate of drug-likeness (QED) is 0.625. The molecule has 0 spiro atoms. The van der Waals surface area contributed by atoms with Crippen molar-refractivity contribution >= 4 is 28.1 Å². The fourth-order valence-corrected chi connectivity index (χ4v) is 1.29. The number of hydrogen-bond donors (Lipinski definition) is 1. The lowest BCUT2D eigenvalue weighted by Crippen LogP contribution is -2.17. The van der Waals surface area contributed by atoms with Crippen LogP contribution in [0.25, 0.3) is 0 Å². The molecule has 0 saturated carbocycles. The van der Waals surface area contributed by atoms with Crippen LogP contribution >= 0.6 is 15.9 Å². The van der Waals surface area contributed by atoms with Crippen molar-refractivity contribution in [2.45, 2.75) is 6.92 Å². The van der Waals surface area contributed by atoms with Gasteiger partial charge in [-0.2, -0.15) is 5.10 Å². The number of rotatable bonds is 2. The van der Waals surface area contributed by atoms with E-state index >= 15 is 0 Å². The molecule has 1 aromatic rings. The Morgan fingerprint density at radius 3 is 2.85 bits per heavy atom. The summed E-state index contributed by atoms with van der Waals surface area (Å²) < 4.78 is 0.763. The predicted molar refractivity (Wildman–Crippen MR) is 55.8 cm³/mol. The zero-order chi connectivity index (χ0) is 9.68. The Morgan fingerprint density at radius 1 is 1.54 bits per heavy atom. The molecule has 0 aliphatic rings. The Hall–Kier alpha value is -1.16. The zero-order valence-corrected chi connectivity index (χ0v) is 8.71. The third-order valence-electron chi connectivity index (χ3n) is 1.41. The molecule has 1 aromatic carbocycles. The maximum absolute atomic E-state index is 11.4. The van der Waals surface area contributed by atoms with Crippen LogP contribution in [-0.4, -0.2) is 12.1 Å². The highest BCUT2D eigenvalue weighted by atomic mass is 79.9. The number of nitrogens with one attached hydrogen (secondary N) is 1. The minimum Gasteiger partial charge on any atom is -0.267 e. The van der Waals surface area contributed by atoms with E-state index in [2.05, 4.69) is 26.5 Å². The molecular formula is C9H9BrN2O. The average Bonchev–Trinajstić information content (AvgIpc) is 2.15. The van der Waals surface area contributed by atoms with Crippen molar-refractivity contribution in [1.82, 2.24) is 5.43 Å². The molecule has 0 atom stereocenters. The van der Waals surface area contributed by atoms with Gasteiger partial charge in [0.15, 0.2) is 0 Å². The van der Waals surface area contributed by atoms with Gasteiger partial charge in [0, 0.05) is 10.7 Å². The van der Waals surface area contributed by atoms with Crippen molar-refractivity contribution in [2.24, 2.45) is 5.10 Å². The van der Waals surface area contributed by atoms with Crippen LogP contribution in [-0.2, 0) is 0 Å². The molecule has 1 amide bonds. The number of amides is 1. The standard InChI is InChI=1S/C9H9BrN2O/c1-2-11-12-9(13)7-5-3-4-6-8(7)10/h2-6H,1H3,(H,12,13)/b11-2-. The molecule has 3 nitrogen and oxygen atoms in total. The van der Waals surface area contributed by atoms with Gasteiger partial charge in [-0.1, -0.05) is 12.1 Å². The lowest BCUT2D eigenvalue weighted by Gasteiger charge is -2.00. The van der Waals surface area contributed by atoms with E-state index in [1.54, 1.807) is 19.1 Å². The summed E-state index contributed by atoms with van der Waals surface area (Å²) in [6.07, 6.45) is 1.52. The van der Waals surface area contributed by atoms with Crippen LogP contribution in [0.3, 0.4) is 0 Å². The summed E-state index contributed by atoms with van der Waals surface area (Å²) >= 11 is 3.28. The fraction of sp³-hybridized carbons (Fsp3) is 0.111. The largest absolute Gasteiger partial charge is 0.272 e. The maximum Gasteiger partial charge on any atom is 0.272 e. The maximum atomic E-state index is 11.4. The van der Waals surface area contributed by atoms with E-state index in [0.717, 1.165) is 4.47 Å². The molecule has 0 bridgehead atoms. The first-order valence-electron chi connectivity index (χ1n) is 3.78. The van der Waals surface area contributed by atoms with Gasteiger partial charge in [-0.3, -0.25) is 4.79 Å². The first-order valence-corrected chi connectivity index (χ1v) is 4.57. The predicted octanol–water partition coefficient (Wildman–Crippen LogP) is 2.18. The lowest BCUT2D eigenvalue weighted by molar-refractivity contribution is 0.0954. The van der Waals surface area contributed by atoms with Gasteiger partial charge >= 0.3 is 0 Å². The van der Waals surface area contributed by atoms with Gasteiger partial charge < -0.3 is 0 Å². The summed E-state index contributed by atoms with van der Waals surface area (Å²) in [5.41, 5.74) is 2.97. The summed E-state index contributed by atoms with van der Waals surface area (Å²) in [5, 5.41) is 3.64. The molecule has 0 aliphatic carbocycles. The number of benzene rings is 1. The van der Waals surface area contributed by atoms with Crippen molar-refractivity contribution in [1.29, 1.82) is 0 Å². The number of carbonyl (C=O) groups is 1. The topological polar surface area (TPSA) is 41.5 Å². The minimum atomic E-state index is -0.217. The first-order chi connectivity index (χ1) is 6.25. The highest BCUT2D eigenvalue weighted by molar-refractivity contribution is 9.10. The van der Waals surface area contributed by atoms with Crippen molar-refractivity contribution in [3.05, 3.63) is 34.3 Å². The second kappa shape index (κ2) is 4.77. The molecule has 68 valence electrons. The molecule has 0 heterocycles. The third kappa shape index (κ3) is 2.66. The highest BCUT2D eigenvalue weighted by Crippen LogP contribution is 2.15. The summed E-state index contributed by atoms with van der Waals surface area (Å²) in [6, 6.07) is 7.19. The van der Waals surface area contributed by atoms with Crippen molar-refractivity contribution in [2.75, 3.05) is 0 Å². The Morgan fingerprint density at radius 2 is 2.23 bits per heavy atom. The number of hydrazone groups is 1. The normalized spacial score (nSPS) is 10.3. The smallest absolute Gasteiger partial charge is 0.267 e. The summed E-state index contributed by atoms with van der Waals surface area (Å²) in [6.45, 7) is 1.74. The number of carbonyl (C=O) groups excluding carboxylic acids is 1. The van der Waals surface area contributed by atoms with Gasteiger partial charge in [-0.05, 0) is 35.0 Å². The zero-order valence-electron chi connectivity index (χ0n) is 7.12. The van der Waals surface area contributed by atoms with Crippen LogP contribution < -0.4 is 5.43 Å². The van der Waals surface area contributed by atoms with E-state index in [9.17, 15) is 4.79 Å². The molecule has 0 radical (unpaired) electrons. The van der Waals surface area contributed by atoms with Crippen LogP contribution in [0, 0.1) is 0 Å². The van der Waals surface area contributed by atoms with Crippen LogP contribution in [0.1, 0.15) is 17.3 Å². The Kier molecular flexibility index (Phi) is 3.64. The second-order valence-corrected chi connectivity index (χ2v) is 3.16. The molecule has 0 aromatic heterocycles. The molecule has 13 heavy (non-hydrogen) atoms. The van der Waals surface area contributed by atoms with Gasteiger partial charge in [0.1, 0.15) is 0 Å². The van der Waals surface area contributed by atoms with Gasteiger partial charge in [0.25, 0.3) is 5.91 Å². The Labute approximate surface area is 85.0 Å². The Bertz CT molecular complexity index is 336. The fourth-order valence-electron chi connectivity index (χ4n) is 0.829. The van der Waals surface area contributed by atoms with Crippen LogP contribution in [0.2, 0.25) is 0 Å². The number of nitrogens with zero attached hydrogens (tertiary/aromatic N) is 1. The van der Waals surface area contributed by atoms with Crippen LogP contribution in [0.15, 0.2) is 33.8 Å². The molecule has 1 N–H and O–H groups in total.